The number of amides is 4. The first-order valence-corrected chi connectivity index (χ1v) is 9.42. The number of benzene rings is 2. The van der Waals surface area contributed by atoms with Crippen LogP contribution in [-0.2, 0) is 21.7 Å². The van der Waals surface area contributed by atoms with Crippen LogP contribution >= 0.6 is 0 Å². The smallest absolute Gasteiger partial charge is 0.325 e. The number of imide groups is 1. The Labute approximate surface area is 173 Å². The molecular weight excluding hydrogens is 392 g/mol. The molecule has 4 amide bonds. The summed E-state index contributed by atoms with van der Waals surface area (Å²) in [5.41, 5.74) is 0.988. The fourth-order valence-electron chi connectivity index (χ4n) is 3.53. The summed E-state index contributed by atoms with van der Waals surface area (Å²) in [5.74, 6) is -2.84. The van der Waals surface area contributed by atoms with Gasteiger partial charge in [0.1, 0.15) is 23.7 Å². The van der Waals surface area contributed by atoms with Gasteiger partial charge in [-0.1, -0.05) is 23.8 Å². The van der Waals surface area contributed by atoms with E-state index in [0.717, 1.165) is 39.8 Å². The summed E-state index contributed by atoms with van der Waals surface area (Å²) in [6.07, 6.45) is 0. The van der Waals surface area contributed by atoms with Crippen molar-refractivity contribution in [1.29, 1.82) is 0 Å². The molecule has 1 N–H and O–H groups in total. The highest BCUT2D eigenvalue weighted by Gasteiger charge is 2.51. The van der Waals surface area contributed by atoms with E-state index in [1.807, 2.05) is 32.0 Å². The number of carbonyl (C=O) groups excluding carboxylic acids is 3. The van der Waals surface area contributed by atoms with E-state index in [9.17, 15) is 23.2 Å². The molecule has 2 aromatic rings. The fourth-order valence-corrected chi connectivity index (χ4v) is 3.53. The van der Waals surface area contributed by atoms with Gasteiger partial charge < -0.3 is 10.2 Å². The minimum atomic E-state index is -1.80. The minimum absolute atomic E-state index is 0.292. The van der Waals surface area contributed by atoms with Crippen LogP contribution < -0.4 is 5.32 Å². The summed E-state index contributed by atoms with van der Waals surface area (Å²) in [5, 5.41) is 2.38. The monoisotopic (exact) mass is 415 g/mol. The van der Waals surface area contributed by atoms with Crippen molar-refractivity contribution in [3.63, 3.8) is 0 Å². The van der Waals surface area contributed by atoms with Crippen LogP contribution in [0.3, 0.4) is 0 Å². The maximum Gasteiger partial charge on any atom is 0.325 e. The van der Waals surface area contributed by atoms with Gasteiger partial charge in [-0.15, -0.1) is 0 Å². The Balaban J connectivity index is 1.76. The number of likely N-dealkylation sites (N-methyl/N-ethyl adjacent to an activating group) is 1. The molecule has 30 heavy (non-hydrogen) atoms. The number of nitrogens with one attached hydrogen (secondary N) is 1. The molecule has 8 heteroatoms. The molecule has 0 saturated carbocycles. The summed E-state index contributed by atoms with van der Waals surface area (Å²) in [6, 6.07) is 7.71. The molecule has 0 bridgehead atoms. The van der Waals surface area contributed by atoms with Crippen molar-refractivity contribution in [2.24, 2.45) is 0 Å². The summed E-state index contributed by atoms with van der Waals surface area (Å²) in [7, 11) is 1.57. The summed E-state index contributed by atoms with van der Waals surface area (Å²) in [6.45, 7) is 5.01. The number of urea groups is 1. The molecule has 1 saturated heterocycles. The highest BCUT2D eigenvalue weighted by Crippen LogP contribution is 2.31. The highest BCUT2D eigenvalue weighted by atomic mass is 19.1. The van der Waals surface area contributed by atoms with Crippen LogP contribution in [0, 0.1) is 25.5 Å². The topological polar surface area (TPSA) is 69.7 Å². The lowest BCUT2D eigenvalue weighted by Gasteiger charge is -2.24. The van der Waals surface area contributed by atoms with Crippen LogP contribution in [0.15, 0.2) is 36.4 Å². The van der Waals surface area contributed by atoms with E-state index in [1.54, 1.807) is 7.05 Å². The van der Waals surface area contributed by atoms with E-state index in [-0.39, 0.29) is 5.56 Å². The molecule has 1 atom stereocenters. The molecule has 1 aliphatic heterocycles. The molecule has 0 aliphatic carbocycles. The average Bonchev–Trinajstić information content (AvgIpc) is 2.89. The molecule has 0 spiro atoms. The second-order valence-electron chi connectivity index (χ2n) is 7.75. The molecule has 1 fully saturated rings. The number of hydrogen-bond acceptors (Lipinski definition) is 3. The predicted octanol–water partition coefficient (Wildman–Crippen LogP) is 3.01. The zero-order chi connectivity index (χ0) is 22.2. The highest BCUT2D eigenvalue weighted by molar-refractivity contribution is 6.09. The maximum absolute atomic E-state index is 14.2. The van der Waals surface area contributed by atoms with Crippen molar-refractivity contribution in [2.75, 3.05) is 13.6 Å². The van der Waals surface area contributed by atoms with Gasteiger partial charge in [0, 0.05) is 19.2 Å². The third kappa shape index (κ3) is 3.90. The molecule has 1 heterocycles. The molecule has 3 rings (SSSR count). The van der Waals surface area contributed by atoms with Crippen LogP contribution in [0.1, 0.15) is 29.2 Å². The summed E-state index contributed by atoms with van der Waals surface area (Å²) < 4.78 is 27.8. The van der Waals surface area contributed by atoms with Gasteiger partial charge in [-0.05, 0) is 50.1 Å². The number of hydrogen-bond donors (Lipinski definition) is 1. The van der Waals surface area contributed by atoms with Gasteiger partial charge in [-0.25, -0.2) is 13.6 Å². The average molecular weight is 415 g/mol. The lowest BCUT2D eigenvalue weighted by Crippen LogP contribution is -2.44. The van der Waals surface area contributed by atoms with E-state index in [1.165, 1.54) is 11.8 Å². The Morgan fingerprint density at radius 3 is 2.50 bits per heavy atom. The van der Waals surface area contributed by atoms with E-state index in [2.05, 4.69) is 5.32 Å². The second kappa shape index (κ2) is 7.85. The molecule has 6 nitrogen and oxygen atoms in total. The second-order valence-corrected chi connectivity index (χ2v) is 7.75. The van der Waals surface area contributed by atoms with E-state index in [4.69, 9.17) is 0 Å². The largest absolute Gasteiger partial charge is 0.340 e. The first-order chi connectivity index (χ1) is 14.0. The number of rotatable bonds is 5. The lowest BCUT2D eigenvalue weighted by atomic mass is 9.91. The SMILES string of the molecule is Cc1ccc(CN(C)C(=O)CN2C(=O)N[C@](C)(c3cc(F)ccc3F)C2=O)c(C)c1. The van der Waals surface area contributed by atoms with Crippen molar-refractivity contribution in [3.8, 4) is 0 Å². The molecule has 158 valence electrons. The van der Waals surface area contributed by atoms with E-state index < -0.39 is 41.6 Å². The van der Waals surface area contributed by atoms with Gasteiger partial charge >= 0.3 is 6.03 Å². The minimum Gasteiger partial charge on any atom is -0.340 e. The van der Waals surface area contributed by atoms with Crippen molar-refractivity contribution in [1.82, 2.24) is 15.1 Å². The molecular formula is C22H23F2N3O3. The van der Waals surface area contributed by atoms with E-state index >= 15 is 0 Å². The molecule has 2 aromatic carbocycles. The normalized spacial score (nSPS) is 18.5. The number of aryl methyl sites for hydroxylation is 2. The van der Waals surface area contributed by atoms with Gasteiger partial charge in [-0.3, -0.25) is 14.5 Å². The Morgan fingerprint density at radius 1 is 1.13 bits per heavy atom. The molecule has 0 unspecified atom stereocenters. The number of carbonyl (C=O) groups is 3. The lowest BCUT2D eigenvalue weighted by molar-refractivity contribution is -0.138. The van der Waals surface area contributed by atoms with Crippen molar-refractivity contribution < 1.29 is 23.2 Å². The van der Waals surface area contributed by atoms with Gasteiger partial charge in [0.25, 0.3) is 5.91 Å². The summed E-state index contributed by atoms with van der Waals surface area (Å²) in [4.78, 5) is 40.1. The quantitative estimate of drug-likeness (QED) is 0.764. The first-order valence-electron chi connectivity index (χ1n) is 9.42. The third-order valence-electron chi connectivity index (χ3n) is 5.37. The Hall–Kier alpha value is -3.29. The van der Waals surface area contributed by atoms with Crippen LogP contribution in [0.5, 0.6) is 0 Å². The zero-order valence-corrected chi connectivity index (χ0v) is 17.3. The summed E-state index contributed by atoms with van der Waals surface area (Å²) >= 11 is 0. The fraction of sp³-hybridized carbons (Fsp3) is 0.318. The van der Waals surface area contributed by atoms with Crippen LogP contribution in [0.25, 0.3) is 0 Å². The van der Waals surface area contributed by atoms with Crippen LogP contribution in [-0.4, -0.2) is 41.2 Å². The number of nitrogens with zero attached hydrogens (tertiary/aromatic N) is 2. The number of halogens is 2. The molecule has 0 aromatic heterocycles. The third-order valence-corrected chi connectivity index (χ3v) is 5.37. The van der Waals surface area contributed by atoms with Gasteiger partial charge in [0.05, 0.1) is 0 Å². The van der Waals surface area contributed by atoms with Crippen LogP contribution in [0.4, 0.5) is 13.6 Å². The Kier molecular flexibility index (Phi) is 5.61. The van der Waals surface area contributed by atoms with Crippen molar-refractivity contribution in [3.05, 3.63) is 70.3 Å². The zero-order valence-electron chi connectivity index (χ0n) is 17.3. The van der Waals surface area contributed by atoms with Gasteiger partial charge in [0.15, 0.2) is 0 Å². The molecule has 0 radical (unpaired) electrons. The van der Waals surface area contributed by atoms with Gasteiger partial charge in [-0.2, -0.15) is 0 Å². The Bertz CT molecular complexity index is 1040. The Morgan fingerprint density at radius 2 is 1.83 bits per heavy atom. The maximum atomic E-state index is 14.2. The van der Waals surface area contributed by atoms with E-state index in [0.29, 0.717) is 6.54 Å². The van der Waals surface area contributed by atoms with Crippen LogP contribution in [0.2, 0.25) is 0 Å². The predicted molar refractivity (Wildman–Crippen MR) is 106 cm³/mol. The first kappa shape index (κ1) is 21.4. The molecule has 1 aliphatic rings. The standard InChI is InChI=1S/C22H23F2N3O3/c1-13-5-6-15(14(2)9-13)11-26(4)19(28)12-27-20(29)22(3,25-21(27)30)17-10-16(23)7-8-18(17)24/h5-10H,11-12H2,1-4H3,(H,25,30)/t22-/m1/s1. The van der Waals surface area contributed by atoms with Crippen molar-refractivity contribution in [2.45, 2.75) is 32.9 Å². The van der Waals surface area contributed by atoms with Gasteiger partial charge in [0.2, 0.25) is 5.91 Å². The van der Waals surface area contributed by atoms with Crippen molar-refractivity contribution >= 4 is 17.8 Å².